The summed E-state index contributed by atoms with van der Waals surface area (Å²) in [6, 6.07) is 10.2. The van der Waals surface area contributed by atoms with Crippen molar-refractivity contribution in [1.82, 2.24) is 15.4 Å². The Bertz CT molecular complexity index is 584. The molecule has 2 aromatic rings. The van der Waals surface area contributed by atoms with Crippen molar-refractivity contribution in [3.8, 4) is 0 Å². The molecule has 0 spiro atoms. The maximum absolute atomic E-state index is 4.83. The number of benzene rings is 1. The van der Waals surface area contributed by atoms with Gasteiger partial charge in [-0.3, -0.25) is 0 Å². The minimum Gasteiger partial charge on any atom is -0.364 e. The van der Waals surface area contributed by atoms with Gasteiger partial charge in [-0.15, -0.1) is 24.0 Å². The number of aromatic nitrogens is 1. The molecule has 0 unspecified atom stereocenters. The van der Waals surface area contributed by atoms with E-state index in [1.54, 1.807) is 6.26 Å². The topological polar surface area (TPSA) is 53.7 Å². The van der Waals surface area contributed by atoms with E-state index in [2.05, 4.69) is 58.5 Å². The summed E-state index contributed by atoms with van der Waals surface area (Å²) < 4.78 is 4.83. The second-order valence-corrected chi connectivity index (χ2v) is 4.94. The normalized spacial score (nSPS) is 11.0. The Morgan fingerprint density at radius 2 is 2.09 bits per heavy atom. The fraction of sp³-hybridized carbons (Fsp3) is 0.375. The van der Waals surface area contributed by atoms with Crippen molar-refractivity contribution in [2.24, 2.45) is 4.99 Å². The number of nitrogens with one attached hydrogen (secondary N) is 1. The van der Waals surface area contributed by atoms with Crippen molar-refractivity contribution in [1.29, 1.82) is 0 Å². The van der Waals surface area contributed by atoms with Crippen LogP contribution >= 0.6 is 24.0 Å². The van der Waals surface area contributed by atoms with Gasteiger partial charge in [0, 0.05) is 26.2 Å². The summed E-state index contributed by atoms with van der Waals surface area (Å²) in [5.74, 6) is 0.865. The van der Waals surface area contributed by atoms with E-state index >= 15 is 0 Å². The largest absolute Gasteiger partial charge is 0.364 e. The molecule has 1 N–H and O–H groups in total. The number of guanidine groups is 1. The lowest BCUT2D eigenvalue weighted by Gasteiger charge is -2.22. The van der Waals surface area contributed by atoms with E-state index in [1.807, 2.05) is 13.1 Å². The van der Waals surface area contributed by atoms with Crippen LogP contribution in [0.1, 0.15) is 23.7 Å². The van der Waals surface area contributed by atoms with Crippen LogP contribution in [0.15, 0.2) is 46.1 Å². The lowest BCUT2D eigenvalue weighted by molar-refractivity contribution is 0.411. The van der Waals surface area contributed by atoms with Gasteiger partial charge in [0.05, 0.1) is 6.54 Å². The van der Waals surface area contributed by atoms with Crippen molar-refractivity contribution in [2.75, 3.05) is 13.6 Å². The molecule has 0 saturated carbocycles. The van der Waals surface area contributed by atoms with Crippen molar-refractivity contribution in [3.63, 3.8) is 0 Å². The van der Waals surface area contributed by atoms with Crippen LogP contribution in [0.25, 0.3) is 0 Å². The molecule has 1 heterocycles. The summed E-state index contributed by atoms with van der Waals surface area (Å²) in [7, 11) is 2.04. The number of rotatable bonds is 5. The highest BCUT2D eigenvalue weighted by Crippen LogP contribution is 2.09. The molecule has 1 aromatic heterocycles. The van der Waals surface area contributed by atoms with Crippen LogP contribution in [-0.2, 0) is 13.1 Å². The Morgan fingerprint density at radius 3 is 2.73 bits per heavy atom. The van der Waals surface area contributed by atoms with E-state index in [0.29, 0.717) is 6.54 Å². The molecule has 120 valence electrons. The monoisotopic (exact) mass is 414 g/mol. The summed E-state index contributed by atoms with van der Waals surface area (Å²) in [6.07, 6.45) is 1.56. The zero-order chi connectivity index (χ0) is 15.1. The molecular formula is C16H23IN4O. The molecule has 0 atom stereocenters. The quantitative estimate of drug-likeness (QED) is 0.464. The first-order valence-corrected chi connectivity index (χ1v) is 7.14. The molecule has 0 aliphatic carbocycles. The van der Waals surface area contributed by atoms with E-state index in [-0.39, 0.29) is 24.0 Å². The van der Waals surface area contributed by atoms with Gasteiger partial charge in [0.1, 0.15) is 12.0 Å². The minimum atomic E-state index is 0. The highest BCUT2D eigenvalue weighted by Gasteiger charge is 2.08. The summed E-state index contributed by atoms with van der Waals surface area (Å²) in [5.41, 5.74) is 3.42. The fourth-order valence-corrected chi connectivity index (χ4v) is 2.06. The highest BCUT2D eigenvalue weighted by molar-refractivity contribution is 14.0. The molecule has 1 aromatic carbocycles. The van der Waals surface area contributed by atoms with Gasteiger partial charge in [-0.05, 0) is 25.0 Å². The van der Waals surface area contributed by atoms with Gasteiger partial charge in [0.2, 0.25) is 0 Å². The molecule has 0 saturated heterocycles. The van der Waals surface area contributed by atoms with Gasteiger partial charge >= 0.3 is 0 Å². The van der Waals surface area contributed by atoms with Gasteiger partial charge < -0.3 is 14.7 Å². The van der Waals surface area contributed by atoms with Crippen molar-refractivity contribution >= 4 is 29.9 Å². The van der Waals surface area contributed by atoms with Crippen molar-refractivity contribution < 1.29 is 4.52 Å². The number of hydrogen-bond acceptors (Lipinski definition) is 3. The Morgan fingerprint density at radius 1 is 1.32 bits per heavy atom. The second-order valence-electron chi connectivity index (χ2n) is 4.94. The number of aliphatic imine (C=N–C) groups is 1. The summed E-state index contributed by atoms with van der Waals surface area (Å²) in [5, 5.41) is 7.18. The van der Waals surface area contributed by atoms with E-state index < -0.39 is 0 Å². The Balaban J connectivity index is 0.00000242. The zero-order valence-corrected chi connectivity index (χ0v) is 15.6. The van der Waals surface area contributed by atoms with Gasteiger partial charge in [0.25, 0.3) is 0 Å². The first-order valence-electron chi connectivity index (χ1n) is 7.14. The van der Waals surface area contributed by atoms with Crippen LogP contribution in [0.5, 0.6) is 0 Å². The molecule has 5 nitrogen and oxygen atoms in total. The first kappa shape index (κ1) is 18.5. The summed E-state index contributed by atoms with van der Waals surface area (Å²) in [4.78, 5) is 6.71. The average molecular weight is 414 g/mol. The van der Waals surface area contributed by atoms with E-state index in [9.17, 15) is 0 Å². The molecule has 0 bridgehead atoms. The molecular weight excluding hydrogens is 391 g/mol. The van der Waals surface area contributed by atoms with E-state index in [0.717, 1.165) is 24.7 Å². The maximum Gasteiger partial charge on any atom is 0.194 e. The highest BCUT2D eigenvalue weighted by atomic mass is 127. The lowest BCUT2D eigenvalue weighted by Crippen LogP contribution is -2.38. The molecule has 0 fully saturated rings. The number of halogens is 1. The van der Waals surface area contributed by atoms with E-state index in [1.165, 1.54) is 11.1 Å². The zero-order valence-electron chi connectivity index (χ0n) is 13.2. The van der Waals surface area contributed by atoms with Gasteiger partial charge in [-0.25, -0.2) is 4.99 Å². The van der Waals surface area contributed by atoms with Gasteiger partial charge in [-0.2, -0.15) is 0 Å². The van der Waals surface area contributed by atoms with Crippen molar-refractivity contribution in [2.45, 2.75) is 26.9 Å². The van der Waals surface area contributed by atoms with Crippen LogP contribution in [0.2, 0.25) is 0 Å². The van der Waals surface area contributed by atoms with Gasteiger partial charge in [-0.1, -0.05) is 29.4 Å². The van der Waals surface area contributed by atoms with E-state index in [4.69, 9.17) is 4.52 Å². The SMILES string of the molecule is CCNC(=NCc1ccon1)N(C)Cc1ccccc1C.I. The Kier molecular flexibility index (Phi) is 7.94. The third-order valence-electron chi connectivity index (χ3n) is 3.25. The molecule has 22 heavy (non-hydrogen) atoms. The van der Waals surface area contributed by atoms with Crippen LogP contribution in [0, 0.1) is 6.92 Å². The average Bonchev–Trinajstić information content (AvgIpc) is 2.99. The number of hydrogen-bond donors (Lipinski definition) is 1. The molecule has 2 rings (SSSR count). The first-order chi connectivity index (χ1) is 10.2. The Labute approximate surface area is 148 Å². The second kappa shape index (κ2) is 9.45. The smallest absolute Gasteiger partial charge is 0.194 e. The van der Waals surface area contributed by atoms with Crippen LogP contribution in [-0.4, -0.2) is 29.6 Å². The van der Waals surface area contributed by atoms with Crippen LogP contribution in [0.4, 0.5) is 0 Å². The van der Waals surface area contributed by atoms with Crippen molar-refractivity contribution in [3.05, 3.63) is 53.4 Å². The number of nitrogens with zero attached hydrogens (tertiary/aromatic N) is 3. The molecule has 0 aliphatic rings. The Hall–Kier alpha value is -1.57. The summed E-state index contributed by atoms with van der Waals surface area (Å²) in [6.45, 7) is 6.35. The third-order valence-corrected chi connectivity index (χ3v) is 3.25. The summed E-state index contributed by atoms with van der Waals surface area (Å²) >= 11 is 0. The number of aryl methyl sites for hydroxylation is 1. The molecule has 0 amide bonds. The molecule has 6 heteroatoms. The molecule has 0 radical (unpaired) electrons. The lowest BCUT2D eigenvalue weighted by atomic mass is 10.1. The standard InChI is InChI=1S/C16H22N4O.HI/c1-4-17-16(18-11-15-9-10-21-19-15)20(3)12-14-8-6-5-7-13(14)2;/h5-10H,4,11-12H2,1-3H3,(H,17,18);1H. The van der Waals surface area contributed by atoms with Gasteiger partial charge in [0.15, 0.2) is 5.96 Å². The predicted molar refractivity (Wildman–Crippen MR) is 99.4 cm³/mol. The van der Waals surface area contributed by atoms with Crippen LogP contribution in [0.3, 0.4) is 0 Å². The maximum atomic E-state index is 4.83. The third kappa shape index (κ3) is 5.32. The minimum absolute atomic E-state index is 0. The van der Waals surface area contributed by atoms with Crippen LogP contribution < -0.4 is 5.32 Å². The fourth-order valence-electron chi connectivity index (χ4n) is 2.06. The molecule has 0 aliphatic heterocycles. The predicted octanol–water partition coefficient (Wildman–Crippen LogP) is 3.20.